The normalized spacial score (nSPS) is 38.4. The highest BCUT2D eigenvalue weighted by atomic mass is 16.5. The molecule has 0 bridgehead atoms. The number of hydrogen-bond acceptors (Lipinski definition) is 3. The van der Waals surface area contributed by atoms with E-state index in [2.05, 4.69) is 24.3 Å². The van der Waals surface area contributed by atoms with Crippen molar-refractivity contribution < 1.29 is 4.74 Å². The molecule has 3 unspecified atom stereocenters. The average molecular weight is 198 g/mol. The predicted molar refractivity (Wildman–Crippen MR) is 57.5 cm³/mol. The zero-order chi connectivity index (χ0) is 9.97. The minimum Gasteiger partial charge on any atom is -0.380 e. The quantitative estimate of drug-likeness (QED) is 0.727. The van der Waals surface area contributed by atoms with Gasteiger partial charge in [0.05, 0.1) is 6.61 Å². The van der Waals surface area contributed by atoms with E-state index in [1.165, 1.54) is 25.7 Å². The predicted octanol–water partition coefficient (Wildman–Crippen LogP) is 0.848. The Labute approximate surface area is 86.8 Å². The fourth-order valence-corrected chi connectivity index (χ4v) is 2.72. The molecule has 0 aromatic heterocycles. The van der Waals surface area contributed by atoms with E-state index in [0.29, 0.717) is 12.1 Å². The summed E-state index contributed by atoms with van der Waals surface area (Å²) in [5, 5.41) is 3.74. The molecule has 0 spiro atoms. The summed E-state index contributed by atoms with van der Waals surface area (Å²) in [7, 11) is 4.38. The van der Waals surface area contributed by atoms with Gasteiger partial charge in [-0.2, -0.15) is 0 Å². The first-order valence-electron chi connectivity index (χ1n) is 5.77. The molecule has 1 saturated heterocycles. The van der Waals surface area contributed by atoms with Crippen LogP contribution in [-0.4, -0.2) is 50.3 Å². The van der Waals surface area contributed by atoms with Gasteiger partial charge in [-0.3, -0.25) is 0 Å². The molecule has 1 N–H and O–H groups in total. The molecule has 82 valence electrons. The van der Waals surface area contributed by atoms with Crippen molar-refractivity contribution in [2.75, 3.05) is 27.3 Å². The summed E-state index contributed by atoms with van der Waals surface area (Å²) in [6.07, 6.45) is 5.24. The van der Waals surface area contributed by atoms with Crippen molar-refractivity contribution >= 4 is 0 Å². The second kappa shape index (κ2) is 4.60. The van der Waals surface area contributed by atoms with Crippen molar-refractivity contribution in [1.82, 2.24) is 10.2 Å². The van der Waals surface area contributed by atoms with Crippen LogP contribution in [0.5, 0.6) is 0 Å². The third kappa shape index (κ3) is 2.27. The SMILES string of the molecule is CN(C)C1CCCC1NC1CCOC1. The zero-order valence-electron chi connectivity index (χ0n) is 9.33. The van der Waals surface area contributed by atoms with Gasteiger partial charge in [-0.1, -0.05) is 6.42 Å². The van der Waals surface area contributed by atoms with Gasteiger partial charge in [0.25, 0.3) is 0 Å². The summed E-state index contributed by atoms with van der Waals surface area (Å²) in [6, 6.07) is 2.04. The van der Waals surface area contributed by atoms with Gasteiger partial charge in [0, 0.05) is 24.7 Å². The van der Waals surface area contributed by atoms with Crippen molar-refractivity contribution in [3.63, 3.8) is 0 Å². The largest absolute Gasteiger partial charge is 0.380 e. The number of likely N-dealkylation sites (N-methyl/N-ethyl adjacent to an activating group) is 1. The molecule has 3 atom stereocenters. The van der Waals surface area contributed by atoms with E-state index >= 15 is 0 Å². The molecular formula is C11H22N2O. The van der Waals surface area contributed by atoms with Gasteiger partial charge in [0.1, 0.15) is 0 Å². The molecule has 1 aliphatic carbocycles. The van der Waals surface area contributed by atoms with Crippen molar-refractivity contribution in [2.24, 2.45) is 0 Å². The molecule has 0 aromatic rings. The summed E-state index contributed by atoms with van der Waals surface area (Å²) in [6.45, 7) is 1.85. The molecule has 3 nitrogen and oxygen atoms in total. The highest BCUT2D eigenvalue weighted by molar-refractivity contribution is 4.91. The van der Waals surface area contributed by atoms with E-state index in [0.717, 1.165) is 19.3 Å². The zero-order valence-corrected chi connectivity index (χ0v) is 9.33. The Balaban J connectivity index is 1.83. The highest BCUT2D eigenvalue weighted by Gasteiger charge is 2.31. The maximum absolute atomic E-state index is 5.39. The Morgan fingerprint density at radius 1 is 1.21 bits per heavy atom. The number of nitrogens with zero attached hydrogens (tertiary/aromatic N) is 1. The van der Waals surface area contributed by atoms with Crippen molar-refractivity contribution in [3.8, 4) is 0 Å². The fourth-order valence-electron chi connectivity index (χ4n) is 2.72. The minimum atomic E-state index is 0.612. The lowest BCUT2D eigenvalue weighted by Crippen LogP contribution is -2.47. The van der Waals surface area contributed by atoms with E-state index < -0.39 is 0 Å². The molecule has 2 rings (SSSR count). The highest BCUT2D eigenvalue weighted by Crippen LogP contribution is 2.23. The maximum Gasteiger partial charge on any atom is 0.0620 e. The molecular weight excluding hydrogens is 176 g/mol. The molecule has 1 heterocycles. The first-order valence-corrected chi connectivity index (χ1v) is 5.77. The van der Waals surface area contributed by atoms with E-state index in [-0.39, 0.29) is 0 Å². The molecule has 1 saturated carbocycles. The molecule has 3 heteroatoms. The molecule has 14 heavy (non-hydrogen) atoms. The number of hydrogen-bond donors (Lipinski definition) is 1. The van der Waals surface area contributed by atoms with Crippen LogP contribution in [0.15, 0.2) is 0 Å². The first-order chi connectivity index (χ1) is 6.77. The van der Waals surface area contributed by atoms with Crippen LogP contribution in [0, 0.1) is 0 Å². The Kier molecular flexibility index (Phi) is 3.42. The second-order valence-electron chi connectivity index (χ2n) is 4.80. The van der Waals surface area contributed by atoms with Crippen LogP contribution >= 0.6 is 0 Å². The molecule has 1 aliphatic heterocycles. The van der Waals surface area contributed by atoms with Gasteiger partial charge in [0.15, 0.2) is 0 Å². The Morgan fingerprint density at radius 3 is 2.71 bits per heavy atom. The molecule has 0 aromatic carbocycles. The van der Waals surface area contributed by atoms with Gasteiger partial charge in [0.2, 0.25) is 0 Å². The Hall–Kier alpha value is -0.120. The van der Waals surface area contributed by atoms with E-state index in [1.807, 2.05) is 0 Å². The maximum atomic E-state index is 5.39. The van der Waals surface area contributed by atoms with Crippen LogP contribution in [0.3, 0.4) is 0 Å². The Morgan fingerprint density at radius 2 is 2.07 bits per heavy atom. The standard InChI is InChI=1S/C11H22N2O/c1-13(2)11-5-3-4-10(11)12-9-6-7-14-8-9/h9-12H,3-8H2,1-2H3. The molecule has 2 fully saturated rings. The monoisotopic (exact) mass is 198 g/mol. The second-order valence-corrected chi connectivity index (χ2v) is 4.80. The minimum absolute atomic E-state index is 0.612. The topological polar surface area (TPSA) is 24.5 Å². The van der Waals surface area contributed by atoms with Crippen molar-refractivity contribution in [2.45, 2.75) is 43.8 Å². The number of rotatable bonds is 3. The lowest BCUT2D eigenvalue weighted by Gasteiger charge is -2.29. The van der Waals surface area contributed by atoms with Gasteiger partial charge < -0.3 is 15.0 Å². The molecule has 2 aliphatic rings. The van der Waals surface area contributed by atoms with Crippen LogP contribution in [0.1, 0.15) is 25.7 Å². The average Bonchev–Trinajstić information content (AvgIpc) is 2.75. The van der Waals surface area contributed by atoms with Crippen molar-refractivity contribution in [3.05, 3.63) is 0 Å². The van der Waals surface area contributed by atoms with Crippen LogP contribution in [0.2, 0.25) is 0 Å². The van der Waals surface area contributed by atoms with Gasteiger partial charge in [-0.25, -0.2) is 0 Å². The van der Waals surface area contributed by atoms with E-state index in [1.54, 1.807) is 0 Å². The summed E-state index contributed by atoms with van der Waals surface area (Å²) in [5.74, 6) is 0. The summed E-state index contributed by atoms with van der Waals surface area (Å²) < 4.78 is 5.39. The summed E-state index contributed by atoms with van der Waals surface area (Å²) in [5.41, 5.74) is 0. The summed E-state index contributed by atoms with van der Waals surface area (Å²) in [4.78, 5) is 2.36. The third-order valence-electron chi connectivity index (χ3n) is 3.52. The molecule has 0 amide bonds. The number of ether oxygens (including phenoxy) is 1. The van der Waals surface area contributed by atoms with Gasteiger partial charge >= 0.3 is 0 Å². The third-order valence-corrected chi connectivity index (χ3v) is 3.52. The molecule has 0 radical (unpaired) electrons. The van der Waals surface area contributed by atoms with E-state index in [4.69, 9.17) is 4.74 Å². The van der Waals surface area contributed by atoms with Crippen molar-refractivity contribution in [1.29, 1.82) is 0 Å². The van der Waals surface area contributed by atoms with Crippen LogP contribution < -0.4 is 5.32 Å². The van der Waals surface area contributed by atoms with Crippen LogP contribution in [-0.2, 0) is 4.74 Å². The summed E-state index contributed by atoms with van der Waals surface area (Å²) >= 11 is 0. The smallest absolute Gasteiger partial charge is 0.0620 e. The van der Waals surface area contributed by atoms with Gasteiger partial charge in [-0.15, -0.1) is 0 Å². The lowest BCUT2D eigenvalue weighted by molar-refractivity contribution is 0.181. The first kappa shape index (κ1) is 10.4. The fraction of sp³-hybridized carbons (Fsp3) is 1.00. The van der Waals surface area contributed by atoms with Crippen LogP contribution in [0.25, 0.3) is 0 Å². The number of nitrogens with one attached hydrogen (secondary N) is 1. The van der Waals surface area contributed by atoms with E-state index in [9.17, 15) is 0 Å². The lowest BCUT2D eigenvalue weighted by atomic mass is 10.1. The van der Waals surface area contributed by atoms with Gasteiger partial charge in [-0.05, 0) is 33.4 Å². The van der Waals surface area contributed by atoms with Crippen LogP contribution in [0.4, 0.5) is 0 Å². The Bertz CT molecular complexity index is 178.